The molecule has 2 heterocycles. The fraction of sp³-hybridized carbons (Fsp3) is 0.333. The summed E-state index contributed by atoms with van der Waals surface area (Å²) in [6.45, 7) is 0.780. The van der Waals surface area contributed by atoms with Crippen molar-refractivity contribution >= 4 is 22.2 Å². The maximum Gasteiger partial charge on any atom is 0.0532 e. The van der Waals surface area contributed by atoms with Crippen LogP contribution in [0.3, 0.4) is 0 Å². The quantitative estimate of drug-likeness (QED) is 0.781. The predicted octanol–water partition coefficient (Wildman–Crippen LogP) is 3.90. The molecule has 1 aliphatic carbocycles. The molecule has 3 heteroatoms. The van der Waals surface area contributed by atoms with Crippen molar-refractivity contribution < 1.29 is 0 Å². The second kappa shape index (κ2) is 5.00. The third kappa shape index (κ3) is 1.95. The van der Waals surface area contributed by atoms with Crippen LogP contribution in [0.5, 0.6) is 0 Å². The molecule has 0 radical (unpaired) electrons. The molecule has 0 amide bonds. The number of aryl methyl sites for hydroxylation is 4. The Morgan fingerprint density at radius 1 is 1.24 bits per heavy atom. The minimum atomic E-state index is 0.780. The minimum absolute atomic E-state index is 0.780. The molecule has 2 nitrogen and oxygen atoms in total. The van der Waals surface area contributed by atoms with E-state index in [-0.39, 0.29) is 0 Å². The minimum Gasteiger partial charge on any atom is -0.343 e. The number of hydrogen-bond acceptors (Lipinski definition) is 2. The SMILES string of the molecule is Cn1c2c(c3ccccc31)CCc1sc(CCCN)cc1-2. The molecule has 0 fully saturated rings. The highest BCUT2D eigenvalue weighted by atomic mass is 32.1. The summed E-state index contributed by atoms with van der Waals surface area (Å²) < 4.78 is 2.38. The number of para-hydroxylation sites is 1. The van der Waals surface area contributed by atoms with Gasteiger partial charge in [-0.05, 0) is 49.9 Å². The van der Waals surface area contributed by atoms with Gasteiger partial charge in [0.1, 0.15) is 0 Å². The molecule has 1 aromatic carbocycles. The third-order valence-corrected chi connectivity index (χ3v) is 5.81. The summed E-state index contributed by atoms with van der Waals surface area (Å²) in [6.07, 6.45) is 4.55. The van der Waals surface area contributed by atoms with Crippen LogP contribution < -0.4 is 5.73 Å². The molecule has 0 unspecified atom stereocenters. The second-order valence-corrected chi connectivity index (χ2v) is 7.07. The molecule has 2 aromatic heterocycles. The van der Waals surface area contributed by atoms with Crippen LogP contribution in [0.2, 0.25) is 0 Å². The number of thiophene rings is 1. The van der Waals surface area contributed by atoms with E-state index < -0.39 is 0 Å². The second-order valence-electron chi connectivity index (χ2n) is 5.85. The van der Waals surface area contributed by atoms with E-state index in [1.807, 2.05) is 11.3 Å². The molecule has 1 aliphatic rings. The molecule has 0 atom stereocenters. The van der Waals surface area contributed by atoms with Crippen molar-refractivity contribution in [2.24, 2.45) is 12.8 Å². The molecular formula is C18H20N2S. The summed E-state index contributed by atoms with van der Waals surface area (Å²) in [5.41, 5.74) is 11.4. The van der Waals surface area contributed by atoms with Crippen LogP contribution in [0.25, 0.3) is 22.2 Å². The number of hydrogen-bond donors (Lipinski definition) is 1. The Kier molecular flexibility index (Phi) is 3.12. The lowest BCUT2D eigenvalue weighted by atomic mass is 9.94. The van der Waals surface area contributed by atoms with Gasteiger partial charge in [-0.15, -0.1) is 11.3 Å². The molecule has 0 spiro atoms. The summed E-state index contributed by atoms with van der Waals surface area (Å²) in [7, 11) is 2.20. The van der Waals surface area contributed by atoms with E-state index >= 15 is 0 Å². The molecule has 0 saturated heterocycles. The number of nitrogens with two attached hydrogens (primary N) is 1. The van der Waals surface area contributed by atoms with Crippen molar-refractivity contribution in [3.05, 3.63) is 45.6 Å². The van der Waals surface area contributed by atoms with Gasteiger partial charge in [-0.3, -0.25) is 0 Å². The monoisotopic (exact) mass is 296 g/mol. The van der Waals surface area contributed by atoms with E-state index in [0.29, 0.717) is 0 Å². The number of rotatable bonds is 3. The molecule has 108 valence electrons. The smallest absolute Gasteiger partial charge is 0.0532 e. The van der Waals surface area contributed by atoms with E-state index in [2.05, 4.69) is 41.9 Å². The average Bonchev–Trinajstić information content (AvgIpc) is 3.05. The van der Waals surface area contributed by atoms with Gasteiger partial charge in [-0.25, -0.2) is 0 Å². The first-order valence-electron chi connectivity index (χ1n) is 7.68. The maximum atomic E-state index is 5.65. The first kappa shape index (κ1) is 13.1. The van der Waals surface area contributed by atoms with Gasteiger partial charge in [-0.2, -0.15) is 0 Å². The van der Waals surface area contributed by atoms with Crippen LogP contribution in [-0.2, 0) is 26.3 Å². The normalized spacial score (nSPS) is 13.4. The Bertz CT molecular complexity index is 810. The van der Waals surface area contributed by atoms with Crippen molar-refractivity contribution in [1.29, 1.82) is 0 Å². The van der Waals surface area contributed by atoms with Gasteiger partial charge >= 0.3 is 0 Å². The summed E-state index contributed by atoms with van der Waals surface area (Å²) >= 11 is 1.99. The Hall–Kier alpha value is -1.58. The summed E-state index contributed by atoms with van der Waals surface area (Å²) in [5, 5.41) is 1.43. The summed E-state index contributed by atoms with van der Waals surface area (Å²) in [6, 6.07) is 11.2. The third-order valence-electron chi connectivity index (χ3n) is 4.56. The van der Waals surface area contributed by atoms with Gasteiger partial charge < -0.3 is 10.3 Å². The zero-order chi connectivity index (χ0) is 14.4. The molecule has 0 aliphatic heterocycles. The zero-order valence-corrected chi connectivity index (χ0v) is 13.2. The summed E-state index contributed by atoms with van der Waals surface area (Å²) in [5.74, 6) is 0. The lowest BCUT2D eigenvalue weighted by Crippen LogP contribution is -2.02. The Labute approximate surface area is 129 Å². The zero-order valence-electron chi connectivity index (χ0n) is 12.4. The molecule has 4 rings (SSSR count). The van der Waals surface area contributed by atoms with Crippen LogP contribution in [0.15, 0.2) is 30.3 Å². The Morgan fingerprint density at radius 2 is 2.10 bits per heavy atom. The highest BCUT2D eigenvalue weighted by molar-refractivity contribution is 7.12. The average molecular weight is 296 g/mol. The standard InChI is InChI=1S/C18H20N2S/c1-20-16-7-3-2-6-13(16)14-8-9-17-15(18(14)20)11-12(21-17)5-4-10-19/h2-3,6-7,11H,4-5,8-10,19H2,1H3. The first-order valence-corrected chi connectivity index (χ1v) is 8.49. The van der Waals surface area contributed by atoms with Gasteiger partial charge in [0.05, 0.1) is 5.69 Å². The molecule has 0 saturated carbocycles. The maximum absolute atomic E-state index is 5.65. The van der Waals surface area contributed by atoms with Gasteiger partial charge in [0, 0.05) is 33.3 Å². The van der Waals surface area contributed by atoms with E-state index in [1.54, 1.807) is 4.88 Å². The first-order chi connectivity index (χ1) is 10.3. The predicted molar refractivity (Wildman–Crippen MR) is 91.0 cm³/mol. The highest BCUT2D eigenvalue weighted by Crippen LogP contribution is 2.43. The van der Waals surface area contributed by atoms with Gasteiger partial charge in [-0.1, -0.05) is 18.2 Å². The Balaban J connectivity index is 1.90. The van der Waals surface area contributed by atoms with Gasteiger partial charge in [0.25, 0.3) is 0 Å². The van der Waals surface area contributed by atoms with Crippen molar-refractivity contribution in [2.45, 2.75) is 25.7 Å². The van der Waals surface area contributed by atoms with Crippen molar-refractivity contribution in [2.75, 3.05) is 6.54 Å². The topological polar surface area (TPSA) is 30.9 Å². The molecule has 2 N–H and O–H groups in total. The Morgan fingerprint density at radius 3 is 2.95 bits per heavy atom. The summed E-state index contributed by atoms with van der Waals surface area (Å²) in [4.78, 5) is 3.05. The van der Waals surface area contributed by atoms with Crippen LogP contribution in [0.4, 0.5) is 0 Å². The lowest BCUT2D eigenvalue weighted by Gasteiger charge is -2.14. The fourth-order valence-corrected chi connectivity index (χ4v) is 4.79. The molecule has 0 bridgehead atoms. The van der Waals surface area contributed by atoms with E-state index in [0.717, 1.165) is 19.4 Å². The van der Waals surface area contributed by atoms with Crippen molar-refractivity contribution in [1.82, 2.24) is 4.57 Å². The largest absolute Gasteiger partial charge is 0.343 e. The van der Waals surface area contributed by atoms with Crippen LogP contribution in [0.1, 0.15) is 21.7 Å². The van der Waals surface area contributed by atoms with Crippen molar-refractivity contribution in [3.8, 4) is 11.3 Å². The van der Waals surface area contributed by atoms with E-state index in [4.69, 9.17) is 5.73 Å². The van der Waals surface area contributed by atoms with Crippen molar-refractivity contribution in [3.63, 3.8) is 0 Å². The van der Waals surface area contributed by atoms with E-state index in [9.17, 15) is 0 Å². The number of nitrogens with zero attached hydrogens (tertiary/aromatic N) is 1. The number of benzene rings is 1. The fourth-order valence-electron chi connectivity index (χ4n) is 3.58. The lowest BCUT2D eigenvalue weighted by molar-refractivity contribution is 0.843. The van der Waals surface area contributed by atoms with Crippen LogP contribution >= 0.6 is 11.3 Å². The van der Waals surface area contributed by atoms with E-state index in [1.165, 1.54) is 45.4 Å². The van der Waals surface area contributed by atoms with Crippen LogP contribution in [0, 0.1) is 0 Å². The molecular weight excluding hydrogens is 276 g/mol. The number of fused-ring (bicyclic) bond motifs is 5. The molecule has 3 aromatic rings. The molecule has 21 heavy (non-hydrogen) atoms. The highest BCUT2D eigenvalue weighted by Gasteiger charge is 2.24. The van der Waals surface area contributed by atoms with Gasteiger partial charge in [0.2, 0.25) is 0 Å². The number of aromatic nitrogens is 1. The van der Waals surface area contributed by atoms with Gasteiger partial charge in [0.15, 0.2) is 0 Å². The van der Waals surface area contributed by atoms with Crippen LogP contribution in [-0.4, -0.2) is 11.1 Å².